The Balaban J connectivity index is 1.49. The van der Waals surface area contributed by atoms with E-state index in [1.165, 1.54) is 17.8 Å². The van der Waals surface area contributed by atoms with Crippen molar-refractivity contribution in [2.24, 2.45) is 0 Å². The summed E-state index contributed by atoms with van der Waals surface area (Å²) < 4.78 is 1.87. The van der Waals surface area contributed by atoms with Crippen LogP contribution in [0, 0.1) is 17.0 Å². The topological polar surface area (TPSA) is 115 Å². The summed E-state index contributed by atoms with van der Waals surface area (Å²) in [5.74, 6) is 0.379. The maximum absolute atomic E-state index is 12.6. The van der Waals surface area contributed by atoms with Gasteiger partial charge in [-0.05, 0) is 37.3 Å². The maximum atomic E-state index is 12.6. The zero-order valence-corrected chi connectivity index (χ0v) is 20.2. The molecule has 0 saturated carbocycles. The Morgan fingerprint density at radius 3 is 2.57 bits per heavy atom. The van der Waals surface area contributed by atoms with E-state index in [9.17, 15) is 14.9 Å². The number of nitrogens with zero attached hydrogens (tertiary/aromatic N) is 4. The van der Waals surface area contributed by atoms with Crippen molar-refractivity contribution in [3.63, 3.8) is 0 Å². The largest absolute Gasteiger partial charge is 0.377 e. The van der Waals surface area contributed by atoms with Gasteiger partial charge in [0.1, 0.15) is 0 Å². The minimum atomic E-state index is -0.472. The van der Waals surface area contributed by atoms with Crippen molar-refractivity contribution in [2.75, 3.05) is 16.4 Å². The number of aromatic nitrogens is 3. The van der Waals surface area contributed by atoms with Crippen molar-refractivity contribution in [1.29, 1.82) is 0 Å². The summed E-state index contributed by atoms with van der Waals surface area (Å²) >= 11 is 7.47. The van der Waals surface area contributed by atoms with E-state index < -0.39 is 4.92 Å². The number of carbonyl (C=O) groups excluding carboxylic acids is 1. The Morgan fingerprint density at radius 1 is 1.09 bits per heavy atom. The van der Waals surface area contributed by atoms with E-state index in [4.69, 9.17) is 11.6 Å². The molecule has 3 aromatic carbocycles. The fourth-order valence-corrected chi connectivity index (χ4v) is 4.31. The molecule has 1 aromatic heterocycles. The number of aryl methyl sites for hydroxylation is 1. The van der Waals surface area contributed by atoms with Crippen molar-refractivity contribution in [1.82, 2.24) is 14.8 Å². The molecule has 4 aromatic rings. The van der Waals surface area contributed by atoms with Crippen molar-refractivity contribution in [3.8, 4) is 5.69 Å². The van der Waals surface area contributed by atoms with Crippen LogP contribution in [-0.2, 0) is 11.3 Å². The molecule has 0 aliphatic carbocycles. The smallest absolute Gasteiger partial charge is 0.274 e. The van der Waals surface area contributed by atoms with Crippen LogP contribution in [0.15, 0.2) is 78.0 Å². The van der Waals surface area contributed by atoms with Gasteiger partial charge in [0, 0.05) is 23.0 Å². The van der Waals surface area contributed by atoms with Crippen LogP contribution in [0.5, 0.6) is 0 Å². The van der Waals surface area contributed by atoms with E-state index >= 15 is 0 Å². The van der Waals surface area contributed by atoms with Crippen LogP contribution in [0.2, 0.25) is 5.02 Å². The van der Waals surface area contributed by atoms with Crippen LogP contribution in [0.1, 0.15) is 11.4 Å². The summed E-state index contributed by atoms with van der Waals surface area (Å²) in [6.07, 6.45) is 0. The van der Waals surface area contributed by atoms with E-state index in [-0.39, 0.29) is 17.3 Å². The number of nitro benzene ring substituents is 1. The molecular weight excluding hydrogens is 488 g/mol. The summed E-state index contributed by atoms with van der Waals surface area (Å²) in [6.45, 7) is 2.01. The van der Waals surface area contributed by atoms with Crippen molar-refractivity contribution >= 4 is 46.3 Å². The standard InChI is InChI=1S/C24H21ClN6O3S/c1-16-11-12-17(13-21(16)31(33)34)27-23(32)15-35-24-29-28-22(30(24)18-7-3-2-4-8-18)14-26-20-10-6-5-9-19(20)25/h2-13,26H,14-15H2,1H3,(H,27,32). The molecule has 0 saturated heterocycles. The van der Waals surface area contributed by atoms with Crippen LogP contribution in [0.3, 0.4) is 0 Å². The number of hydrogen-bond donors (Lipinski definition) is 2. The molecule has 1 heterocycles. The van der Waals surface area contributed by atoms with Crippen LogP contribution in [0.25, 0.3) is 5.69 Å². The Kier molecular flexibility index (Phi) is 7.64. The molecule has 4 rings (SSSR count). The highest BCUT2D eigenvalue weighted by Crippen LogP contribution is 2.26. The Labute approximate surface area is 210 Å². The molecule has 0 aliphatic heterocycles. The summed E-state index contributed by atoms with van der Waals surface area (Å²) in [5.41, 5.74) is 2.47. The number of rotatable bonds is 9. The molecule has 0 unspecified atom stereocenters. The van der Waals surface area contributed by atoms with Gasteiger partial charge in [0.25, 0.3) is 5.69 Å². The first-order valence-corrected chi connectivity index (χ1v) is 11.9. The maximum Gasteiger partial charge on any atom is 0.274 e. The first kappa shape index (κ1) is 24.2. The van der Waals surface area contributed by atoms with Crippen LogP contribution >= 0.6 is 23.4 Å². The quantitative estimate of drug-likeness (QED) is 0.175. The summed E-state index contributed by atoms with van der Waals surface area (Å²) in [7, 11) is 0. The van der Waals surface area contributed by atoms with Gasteiger partial charge in [-0.25, -0.2) is 0 Å². The molecule has 35 heavy (non-hydrogen) atoms. The van der Waals surface area contributed by atoms with Gasteiger partial charge in [0.15, 0.2) is 11.0 Å². The van der Waals surface area contributed by atoms with Gasteiger partial charge in [-0.15, -0.1) is 10.2 Å². The van der Waals surface area contributed by atoms with E-state index in [0.717, 1.165) is 11.4 Å². The SMILES string of the molecule is Cc1ccc(NC(=O)CSc2nnc(CNc3ccccc3Cl)n2-c2ccccc2)cc1[N+](=O)[O-]. The monoisotopic (exact) mass is 508 g/mol. The Hall–Kier alpha value is -3.89. The lowest BCUT2D eigenvalue weighted by Crippen LogP contribution is -2.15. The minimum absolute atomic E-state index is 0.0462. The number of benzene rings is 3. The molecule has 178 valence electrons. The van der Waals surface area contributed by atoms with Gasteiger partial charge in [-0.1, -0.05) is 59.8 Å². The lowest BCUT2D eigenvalue weighted by Gasteiger charge is -2.12. The van der Waals surface area contributed by atoms with E-state index in [2.05, 4.69) is 20.8 Å². The number of nitro groups is 1. The first-order chi connectivity index (χ1) is 16.9. The number of para-hydroxylation sites is 2. The third-order valence-electron chi connectivity index (χ3n) is 5.05. The van der Waals surface area contributed by atoms with Gasteiger partial charge in [0.2, 0.25) is 5.91 Å². The summed E-state index contributed by atoms with van der Waals surface area (Å²) in [5, 5.41) is 26.9. The lowest BCUT2D eigenvalue weighted by molar-refractivity contribution is -0.385. The Morgan fingerprint density at radius 2 is 1.83 bits per heavy atom. The van der Waals surface area contributed by atoms with E-state index in [1.807, 2.05) is 53.1 Å². The molecule has 0 aliphatic rings. The average molecular weight is 509 g/mol. The molecular formula is C24H21ClN6O3S. The predicted molar refractivity (Wildman–Crippen MR) is 137 cm³/mol. The molecule has 11 heteroatoms. The van der Waals surface area contributed by atoms with Crippen LogP contribution in [0.4, 0.5) is 17.1 Å². The van der Waals surface area contributed by atoms with Crippen LogP contribution < -0.4 is 10.6 Å². The summed E-state index contributed by atoms with van der Waals surface area (Å²) in [6, 6.07) is 21.6. The van der Waals surface area contributed by atoms with Crippen molar-refractivity contribution < 1.29 is 9.72 Å². The number of carbonyl (C=O) groups is 1. The van der Waals surface area contributed by atoms with Crippen molar-refractivity contribution in [3.05, 3.63) is 99.3 Å². The minimum Gasteiger partial charge on any atom is -0.377 e. The molecule has 0 bridgehead atoms. The third kappa shape index (κ3) is 5.97. The van der Waals surface area contributed by atoms with Gasteiger partial charge < -0.3 is 10.6 Å². The molecule has 9 nitrogen and oxygen atoms in total. The number of hydrogen-bond acceptors (Lipinski definition) is 7. The second kappa shape index (κ2) is 11.0. The number of anilines is 2. The average Bonchev–Trinajstić information content (AvgIpc) is 3.26. The highest BCUT2D eigenvalue weighted by molar-refractivity contribution is 7.99. The van der Waals surface area contributed by atoms with E-state index in [0.29, 0.717) is 33.8 Å². The van der Waals surface area contributed by atoms with E-state index in [1.54, 1.807) is 25.1 Å². The third-order valence-corrected chi connectivity index (χ3v) is 6.31. The molecule has 0 radical (unpaired) electrons. The second-order valence-corrected chi connectivity index (χ2v) is 8.85. The first-order valence-electron chi connectivity index (χ1n) is 10.6. The molecule has 0 spiro atoms. The highest BCUT2D eigenvalue weighted by Gasteiger charge is 2.17. The number of thioether (sulfide) groups is 1. The highest BCUT2D eigenvalue weighted by atomic mass is 35.5. The molecule has 0 fully saturated rings. The fourth-order valence-electron chi connectivity index (χ4n) is 3.33. The van der Waals surface area contributed by atoms with Crippen LogP contribution in [-0.4, -0.2) is 31.3 Å². The van der Waals surface area contributed by atoms with Gasteiger partial charge in [-0.3, -0.25) is 19.5 Å². The molecule has 2 N–H and O–H groups in total. The Bertz CT molecular complexity index is 1360. The normalized spacial score (nSPS) is 10.7. The lowest BCUT2D eigenvalue weighted by atomic mass is 10.2. The van der Waals surface area contributed by atoms with Gasteiger partial charge in [0.05, 0.1) is 27.9 Å². The number of nitrogens with one attached hydrogen (secondary N) is 2. The summed E-state index contributed by atoms with van der Waals surface area (Å²) in [4.78, 5) is 23.3. The number of halogens is 1. The van der Waals surface area contributed by atoms with Crippen molar-refractivity contribution in [2.45, 2.75) is 18.6 Å². The second-order valence-electron chi connectivity index (χ2n) is 7.50. The zero-order valence-electron chi connectivity index (χ0n) is 18.6. The van der Waals surface area contributed by atoms with Gasteiger partial charge >= 0.3 is 0 Å². The molecule has 1 amide bonds. The zero-order chi connectivity index (χ0) is 24.8. The number of amides is 1. The predicted octanol–water partition coefficient (Wildman–Crippen LogP) is 5.48. The van der Waals surface area contributed by atoms with Gasteiger partial charge in [-0.2, -0.15) is 0 Å². The molecule has 0 atom stereocenters. The fraction of sp³-hybridized carbons (Fsp3) is 0.125.